The average molecular weight is 463 g/mol. The summed E-state index contributed by atoms with van der Waals surface area (Å²) < 4.78 is 5.99. The van der Waals surface area contributed by atoms with Crippen molar-refractivity contribution in [2.75, 3.05) is 7.05 Å². The van der Waals surface area contributed by atoms with Crippen molar-refractivity contribution in [3.8, 4) is 5.75 Å². The number of likely N-dealkylation sites (N-methyl/N-ethyl adjacent to an activating group) is 1. The number of hydrogen-bond donors (Lipinski definition) is 4. The van der Waals surface area contributed by atoms with E-state index in [9.17, 15) is 9.59 Å². The molecule has 8 heteroatoms. The van der Waals surface area contributed by atoms with Gasteiger partial charge in [0.2, 0.25) is 5.91 Å². The van der Waals surface area contributed by atoms with Gasteiger partial charge in [0.05, 0.1) is 17.5 Å². The summed E-state index contributed by atoms with van der Waals surface area (Å²) in [5.74, 6) is -0.599. The van der Waals surface area contributed by atoms with E-state index in [4.69, 9.17) is 9.94 Å². The third kappa shape index (κ3) is 5.18. The first-order chi connectivity index (χ1) is 16.5. The number of nitrogens with one attached hydrogen (secondary N) is 3. The molecule has 34 heavy (non-hydrogen) atoms. The van der Waals surface area contributed by atoms with Crippen LogP contribution in [0.3, 0.4) is 0 Å². The molecule has 178 valence electrons. The first kappa shape index (κ1) is 23.7. The number of nitrogens with zero attached hydrogens (tertiary/aromatic N) is 1. The van der Waals surface area contributed by atoms with E-state index in [0.29, 0.717) is 24.3 Å². The Kier molecular flexibility index (Phi) is 7.40. The predicted molar refractivity (Wildman–Crippen MR) is 129 cm³/mol. The van der Waals surface area contributed by atoms with Gasteiger partial charge in [-0.15, -0.1) is 0 Å². The number of rotatable bonds is 7. The van der Waals surface area contributed by atoms with Crippen molar-refractivity contribution < 1.29 is 19.5 Å². The van der Waals surface area contributed by atoms with Crippen LogP contribution in [0.1, 0.15) is 40.9 Å². The lowest BCUT2D eigenvalue weighted by Gasteiger charge is -2.37. The smallest absolute Gasteiger partial charge is 0.251 e. The molecule has 2 amide bonds. The molecule has 4 N–H and O–H groups in total. The summed E-state index contributed by atoms with van der Waals surface area (Å²) in [6.45, 7) is 2.35. The van der Waals surface area contributed by atoms with E-state index in [1.165, 1.54) is 0 Å². The Morgan fingerprint density at radius 2 is 1.88 bits per heavy atom. The molecule has 0 radical (unpaired) electrons. The molecule has 3 unspecified atom stereocenters. The van der Waals surface area contributed by atoms with Gasteiger partial charge in [0.15, 0.2) is 0 Å². The van der Waals surface area contributed by atoms with Crippen molar-refractivity contribution in [1.29, 1.82) is 0 Å². The molecule has 2 aromatic carbocycles. The van der Waals surface area contributed by atoms with Gasteiger partial charge in [-0.3, -0.25) is 19.8 Å². The van der Waals surface area contributed by atoms with Crippen LogP contribution in [0.2, 0.25) is 0 Å². The Balaban J connectivity index is 1.43. The standard InChI is InChI=1S/C26H30N4O4/c1-16-14-18(20-6-3-4-8-22(20)28-16)15-34-19-12-10-17(11-13-19)25(31)29-24-21(26(32)30-33)7-5-9-23(24)27-2/h3-4,6,8,10-14,21,23-24,27,33H,5,7,9,15H2,1-2H3,(H,29,31)(H,30,32). The molecule has 1 heterocycles. The third-order valence-electron chi connectivity index (χ3n) is 6.45. The number of aromatic nitrogens is 1. The number of amides is 2. The first-order valence-corrected chi connectivity index (χ1v) is 11.5. The Bertz CT molecular complexity index is 1170. The molecule has 3 atom stereocenters. The van der Waals surface area contributed by atoms with Crippen molar-refractivity contribution >= 4 is 22.7 Å². The predicted octanol–water partition coefficient (Wildman–Crippen LogP) is 3.11. The van der Waals surface area contributed by atoms with Crippen LogP contribution in [0.15, 0.2) is 54.6 Å². The normalized spacial score (nSPS) is 20.0. The molecule has 0 aliphatic heterocycles. The van der Waals surface area contributed by atoms with Crippen molar-refractivity contribution in [2.45, 2.75) is 44.9 Å². The topological polar surface area (TPSA) is 113 Å². The van der Waals surface area contributed by atoms with Crippen molar-refractivity contribution in [1.82, 2.24) is 21.1 Å². The molecule has 1 fully saturated rings. The number of carbonyl (C=O) groups excluding carboxylic acids is 2. The van der Waals surface area contributed by atoms with E-state index in [2.05, 4.69) is 15.6 Å². The number of hydrogen-bond acceptors (Lipinski definition) is 6. The summed E-state index contributed by atoms with van der Waals surface area (Å²) in [5, 5.41) is 16.3. The third-order valence-corrected chi connectivity index (χ3v) is 6.45. The van der Waals surface area contributed by atoms with Crippen LogP contribution in [0.4, 0.5) is 0 Å². The minimum absolute atomic E-state index is 0.0544. The van der Waals surface area contributed by atoms with Crippen LogP contribution in [-0.2, 0) is 11.4 Å². The number of fused-ring (bicyclic) bond motifs is 1. The van der Waals surface area contributed by atoms with Crippen LogP contribution in [0.5, 0.6) is 5.75 Å². The highest BCUT2D eigenvalue weighted by Gasteiger charge is 2.38. The number of ether oxygens (including phenoxy) is 1. The maximum atomic E-state index is 12.9. The fourth-order valence-electron chi connectivity index (χ4n) is 4.71. The molecule has 1 aliphatic carbocycles. The number of benzene rings is 2. The Labute approximate surface area is 198 Å². The maximum Gasteiger partial charge on any atom is 0.251 e. The quantitative estimate of drug-likeness (QED) is 0.317. The molecule has 0 saturated heterocycles. The van der Waals surface area contributed by atoms with Crippen molar-refractivity contribution in [3.63, 3.8) is 0 Å². The van der Waals surface area contributed by atoms with E-state index in [1.807, 2.05) is 44.3 Å². The summed E-state index contributed by atoms with van der Waals surface area (Å²) in [6, 6.07) is 16.4. The lowest BCUT2D eigenvalue weighted by Crippen LogP contribution is -2.58. The fraction of sp³-hybridized carbons (Fsp3) is 0.346. The number of pyridine rings is 1. The van der Waals surface area contributed by atoms with Crippen LogP contribution < -0.4 is 20.9 Å². The van der Waals surface area contributed by atoms with Gasteiger partial charge >= 0.3 is 0 Å². The summed E-state index contributed by atoms with van der Waals surface area (Å²) in [5.41, 5.74) is 5.12. The summed E-state index contributed by atoms with van der Waals surface area (Å²) >= 11 is 0. The minimum atomic E-state index is -0.499. The monoisotopic (exact) mass is 462 g/mol. The second-order valence-electron chi connectivity index (χ2n) is 8.66. The van der Waals surface area contributed by atoms with E-state index in [0.717, 1.165) is 35.0 Å². The average Bonchev–Trinajstić information content (AvgIpc) is 2.87. The second-order valence-corrected chi connectivity index (χ2v) is 8.66. The maximum absolute atomic E-state index is 12.9. The molecule has 1 aromatic heterocycles. The summed E-state index contributed by atoms with van der Waals surface area (Å²) in [7, 11) is 1.81. The highest BCUT2D eigenvalue weighted by molar-refractivity contribution is 5.95. The molecular weight excluding hydrogens is 432 g/mol. The molecular formula is C26H30N4O4. The van der Waals surface area contributed by atoms with Gasteiger partial charge in [-0.25, -0.2) is 5.48 Å². The largest absolute Gasteiger partial charge is 0.489 e. The Morgan fingerprint density at radius 1 is 1.12 bits per heavy atom. The molecule has 1 aliphatic rings. The Morgan fingerprint density at radius 3 is 2.62 bits per heavy atom. The van der Waals surface area contributed by atoms with E-state index < -0.39 is 17.9 Å². The van der Waals surface area contributed by atoms with Crippen molar-refractivity contribution in [2.24, 2.45) is 5.92 Å². The molecule has 8 nitrogen and oxygen atoms in total. The highest BCUT2D eigenvalue weighted by Crippen LogP contribution is 2.26. The van der Waals surface area contributed by atoms with Crippen LogP contribution in [0, 0.1) is 12.8 Å². The van der Waals surface area contributed by atoms with Gasteiger partial charge in [0.25, 0.3) is 5.91 Å². The first-order valence-electron chi connectivity index (χ1n) is 11.5. The lowest BCUT2D eigenvalue weighted by atomic mass is 9.80. The number of hydroxylamine groups is 1. The Hall–Kier alpha value is -3.49. The molecule has 4 rings (SSSR count). The van der Waals surface area contributed by atoms with Crippen LogP contribution in [-0.4, -0.2) is 41.1 Å². The van der Waals surface area contributed by atoms with Gasteiger partial charge in [0.1, 0.15) is 12.4 Å². The van der Waals surface area contributed by atoms with Crippen LogP contribution >= 0.6 is 0 Å². The molecule has 0 bridgehead atoms. The zero-order chi connectivity index (χ0) is 24.1. The van der Waals surface area contributed by atoms with E-state index in [1.54, 1.807) is 29.7 Å². The van der Waals surface area contributed by atoms with Gasteiger partial charge in [-0.1, -0.05) is 24.6 Å². The minimum Gasteiger partial charge on any atom is -0.489 e. The number of para-hydroxylation sites is 1. The van der Waals surface area contributed by atoms with E-state index >= 15 is 0 Å². The second kappa shape index (κ2) is 10.6. The zero-order valence-corrected chi connectivity index (χ0v) is 19.4. The van der Waals surface area contributed by atoms with Crippen molar-refractivity contribution in [3.05, 3.63) is 71.4 Å². The molecule has 0 spiro atoms. The SMILES string of the molecule is CNC1CCCC(C(=O)NO)C1NC(=O)c1ccc(OCc2cc(C)nc3ccccc23)cc1. The molecule has 1 saturated carbocycles. The van der Waals surface area contributed by atoms with Gasteiger partial charge in [0, 0.05) is 28.2 Å². The summed E-state index contributed by atoms with van der Waals surface area (Å²) in [6.07, 6.45) is 2.28. The molecule has 3 aromatic rings. The number of carbonyl (C=O) groups is 2. The zero-order valence-electron chi connectivity index (χ0n) is 19.4. The van der Waals surface area contributed by atoms with Gasteiger partial charge in [-0.05, 0) is 63.2 Å². The van der Waals surface area contributed by atoms with E-state index in [-0.39, 0.29) is 11.9 Å². The summed E-state index contributed by atoms with van der Waals surface area (Å²) in [4.78, 5) is 29.6. The van der Waals surface area contributed by atoms with Gasteiger partial charge < -0.3 is 15.4 Å². The number of aryl methyl sites for hydroxylation is 1. The van der Waals surface area contributed by atoms with Gasteiger partial charge in [-0.2, -0.15) is 0 Å². The highest BCUT2D eigenvalue weighted by atomic mass is 16.5. The fourth-order valence-corrected chi connectivity index (χ4v) is 4.71. The van der Waals surface area contributed by atoms with Crippen LogP contribution in [0.25, 0.3) is 10.9 Å². The lowest BCUT2D eigenvalue weighted by molar-refractivity contribution is -0.135.